The van der Waals surface area contributed by atoms with Crippen molar-refractivity contribution in [2.45, 2.75) is 13.0 Å². The van der Waals surface area contributed by atoms with Crippen LogP contribution in [-0.4, -0.2) is 16.8 Å². The first-order chi connectivity index (χ1) is 8.83. The molecule has 5 nitrogen and oxygen atoms in total. The Morgan fingerprint density at radius 2 is 1.94 bits per heavy atom. The smallest absolute Gasteiger partial charge is 0.231 e. The number of fused-ring (bicyclic) bond motifs is 1. The molecule has 1 aromatic heterocycles. The molecular weight excluding hydrogens is 230 g/mol. The van der Waals surface area contributed by atoms with E-state index in [1.165, 1.54) is 0 Å². The molecule has 0 amide bonds. The van der Waals surface area contributed by atoms with E-state index in [4.69, 9.17) is 9.47 Å². The number of hydrogen-bond acceptors (Lipinski definition) is 5. The van der Waals surface area contributed by atoms with Gasteiger partial charge >= 0.3 is 0 Å². The number of benzene rings is 1. The maximum Gasteiger partial charge on any atom is 0.231 e. The first kappa shape index (κ1) is 10.8. The van der Waals surface area contributed by atoms with Gasteiger partial charge in [0.25, 0.3) is 0 Å². The molecule has 3 rings (SSSR count). The molecule has 0 fully saturated rings. The number of nitrogens with zero attached hydrogens (tertiary/aromatic N) is 2. The molecule has 92 valence electrons. The average Bonchev–Trinajstić information content (AvgIpc) is 2.87. The van der Waals surface area contributed by atoms with E-state index in [9.17, 15) is 0 Å². The lowest BCUT2D eigenvalue weighted by atomic mass is 10.1. The quantitative estimate of drug-likeness (QED) is 0.896. The highest BCUT2D eigenvalue weighted by molar-refractivity contribution is 5.46. The summed E-state index contributed by atoms with van der Waals surface area (Å²) in [4.78, 5) is 8.28. The zero-order valence-electron chi connectivity index (χ0n) is 9.96. The van der Waals surface area contributed by atoms with Crippen LogP contribution >= 0.6 is 0 Å². The molecule has 1 aliphatic heterocycles. The molecule has 1 atom stereocenters. The zero-order valence-corrected chi connectivity index (χ0v) is 9.96. The van der Waals surface area contributed by atoms with Gasteiger partial charge in [-0.25, -0.2) is 9.97 Å². The van der Waals surface area contributed by atoms with Crippen molar-refractivity contribution in [3.8, 4) is 11.5 Å². The molecule has 2 heterocycles. The maximum absolute atomic E-state index is 5.36. The van der Waals surface area contributed by atoms with Gasteiger partial charge in [0.2, 0.25) is 12.7 Å². The monoisotopic (exact) mass is 243 g/mol. The fourth-order valence-corrected chi connectivity index (χ4v) is 1.83. The third kappa shape index (κ3) is 2.07. The van der Waals surface area contributed by atoms with Crippen molar-refractivity contribution in [3.63, 3.8) is 0 Å². The lowest BCUT2D eigenvalue weighted by molar-refractivity contribution is 0.174. The average molecular weight is 243 g/mol. The van der Waals surface area contributed by atoms with Crippen LogP contribution in [0.25, 0.3) is 0 Å². The van der Waals surface area contributed by atoms with E-state index < -0.39 is 0 Å². The fraction of sp³-hybridized carbons (Fsp3) is 0.231. The number of nitrogens with one attached hydrogen (secondary N) is 1. The van der Waals surface area contributed by atoms with Crippen molar-refractivity contribution < 1.29 is 9.47 Å². The summed E-state index contributed by atoms with van der Waals surface area (Å²) in [6, 6.07) is 7.79. The van der Waals surface area contributed by atoms with E-state index >= 15 is 0 Å². The lowest BCUT2D eigenvalue weighted by Crippen LogP contribution is -2.08. The number of rotatable bonds is 3. The predicted octanol–water partition coefficient (Wildman–Crippen LogP) is 2.38. The second-order valence-corrected chi connectivity index (χ2v) is 4.05. The number of anilines is 1. The van der Waals surface area contributed by atoms with Gasteiger partial charge in [-0.05, 0) is 30.7 Å². The van der Waals surface area contributed by atoms with Gasteiger partial charge in [0.15, 0.2) is 11.5 Å². The Kier molecular flexibility index (Phi) is 2.72. The minimum absolute atomic E-state index is 0.0990. The SMILES string of the molecule is C[C@H](Nc1ncccn1)c1ccc2c(c1)OCO2. The van der Waals surface area contributed by atoms with Gasteiger partial charge in [-0.1, -0.05) is 6.07 Å². The molecule has 5 heteroatoms. The Morgan fingerprint density at radius 1 is 1.17 bits per heavy atom. The maximum atomic E-state index is 5.36. The molecule has 0 unspecified atom stereocenters. The van der Waals surface area contributed by atoms with E-state index in [2.05, 4.69) is 15.3 Å². The summed E-state index contributed by atoms with van der Waals surface area (Å²) in [6.45, 7) is 2.34. The highest BCUT2D eigenvalue weighted by Crippen LogP contribution is 2.34. The van der Waals surface area contributed by atoms with E-state index in [-0.39, 0.29) is 6.04 Å². The van der Waals surface area contributed by atoms with Crippen molar-refractivity contribution >= 4 is 5.95 Å². The van der Waals surface area contributed by atoms with Crippen molar-refractivity contribution in [2.75, 3.05) is 12.1 Å². The van der Waals surface area contributed by atoms with Gasteiger partial charge < -0.3 is 14.8 Å². The van der Waals surface area contributed by atoms with Crippen LogP contribution < -0.4 is 14.8 Å². The van der Waals surface area contributed by atoms with Crippen LogP contribution in [0.1, 0.15) is 18.5 Å². The molecular formula is C13H13N3O2. The molecule has 1 aliphatic rings. The van der Waals surface area contributed by atoms with E-state index in [0.29, 0.717) is 12.7 Å². The highest BCUT2D eigenvalue weighted by Gasteiger charge is 2.15. The first-order valence-electron chi connectivity index (χ1n) is 5.76. The second kappa shape index (κ2) is 4.52. The standard InChI is InChI=1S/C13H13N3O2/c1-9(16-13-14-5-2-6-15-13)10-3-4-11-12(7-10)18-8-17-11/h2-7,9H,8H2,1H3,(H,14,15,16)/t9-/m0/s1. The Bertz CT molecular complexity index is 545. The van der Waals surface area contributed by atoms with Crippen molar-refractivity contribution in [1.82, 2.24) is 9.97 Å². The number of aromatic nitrogens is 2. The van der Waals surface area contributed by atoms with Crippen LogP contribution in [-0.2, 0) is 0 Å². The Labute approximate surface area is 105 Å². The summed E-state index contributed by atoms with van der Waals surface area (Å²) in [6.07, 6.45) is 3.42. The summed E-state index contributed by atoms with van der Waals surface area (Å²) in [7, 11) is 0. The van der Waals surface area contributed by atoms with Gasteiger partial charge in [-0.2, -0.15) is 0 Å². The number of ether oxygens (including phenoxy) is 2. The van der Waals surface area contributed by atoms with Gasteiger partial charge in [-0.3, -0.25) is 0 Å². The third-order valence-corrected chi connectivity index (χ3v) is 2.81. The molecule has 0 bridgehead atoms. The van der Waals surface area contributed by atoms with Crippen LogP contribution in [0.2, 0.25) is 0 Å². The predicted molar refractivity (Wildman–Crippen MR) is 66.6 cm³/mol. The molecule has 0 saturated carbocycles. The summed E-state index contributed by atoms with van der Waals surface area (Å²) < 4.78 is 10.6. The highest BCUT2D eigenvalue weighted by atomic mass is 16.7. The topological polar surface area (TPSA) is 56.3 Å². The van der Waals surface area contributed by atoms with E-state index in [0.717, 1.165) is 17.1 Å². The Hall–Kier alpha value is -2.30. The first-order valence-corrected chi connectivity index (χ1v) is 5.76. The summed E-state index contributed by atoms with van der Waals surface area (Å²) >= 11 is 0. The van der Waals surface area contributed by atoms with E-state index in [1.54, 1.807) is 18.5 Å². The minimum Gasteiger partial charge on any atom is -0.454 e. The minimum atomic E-state index is 0.0990. The molecule has 0 saturated heterocycles. The van der Waals surface area contributed by atoms with Crippen LogP contribution in [0, 0.1) is 0 Å². The van der Waals surface area contributed by atoms with E-state index in [1.807, 2.05) is 25.1 Å². The van der Waals surface area contributed by atoms with Crippen LogP contribution in [0.4, 0.5) is 5.95 Å². The Balaban J connectivity index is 1.78. The van der Waals surface area contributed by atoms with Crippen molar-refractivity contribution in [2.24, 2.45) is 0 Å². The molecule has 0 spiro atoms. The van der Waals surface area contributed by atoms with Crippen LogP contribution in [0.3, 0.4) is 0 Å². The van der Waals surface area contributed by atoms with Gasteiger partial charge in [-0.15, -0.1) is 0 Å². The fourth-order valence-electron chi connectivity index (χ4n) is 1.83. The van der Waals surface area contributed by atoms with Crippen LogP contribution in [0.15, 0.2) is 36.7 Å². The number of hydrogen-bond donors (Lipinski definition) is 1. The van der Waals surface area contributed by atoms with Crippen molar-refractivity contribution in [3.05, 3.63) is 42.2 Å². The molecule has 0 radical (unpaired) electrons. The molecule has 1 aromatic carbocycles. The zero-order chi connectivity index (χ0) is 12.4. The summed E-state index contributed by atoms with van der Waals surface area (Å²) in [5.74, 6) is 2.19. The van der Waals surface area contributed by atoms with Crippen molar-refractivity contribution in [1.29, 1.82) is 0 Å². The van der Waals surface area contributed by atoms with Gasteiger partial charge in [0.1, 0.15) is 0 Å². The molecule has 2 aromatic rings. The lowest BCUT2D eigenvalue weighted by Gasteiger charge is -2.14. The van der Waals surface area contributed by atoms with Crippen LogP contribution in [0.5, 0.6) is 11.5 Å². The third-order valence-electron chi connectivity index (χ3n) is 2.81. The molecule has 1 N–H and O–H groups in total. The Morgan fingerprint density at radius 3 is 2.78 bits per heavy atom. The molecule has 18 heavy (non-hydrogen) atoms. The largest absolute Gasteiger partial charge is 0.454 e. The second-order valence-electron chi connectivity index (χ2n) is 4.05. The van der Waals surface area contributed by atoms with Gasteiger partial charge in [0.05, 0.1) is 6.04 Å². The van der Waals surface area contributed by atoms with Gasteiger partial charge in [0, 0.05) is 12.4 Å². The summed E-state index contributed by atoms with van der Waals surface area (Å²) in [5, 5.41) is 3.23. The normalized spacial score (nSPS) is 14.3. The summed E-state index contributed by atoms with van der Waals surface area (Å²) in [5.41, 5.74) is 1.10. The molecule has 0 aliphatic carbocycles.